The van der Waals surface area contributed by atoms with Crippen LogP contribution in [-0.2, 0) is 0 Å². The minimum absolute atomic E-state index is 0.741. The molecule has 15 heavy (non-hydrogen) atoms. The molecule has 0 radical (unpaired) electrons. The Morgan fingerprint density at radius 2 is 2.07 bits per heavy atom. The lowest BCUT2D eigenvalue weighted by Crippen LogP contribution is -2.03. The van der Waals surface area contributed by atoms with Gasteiger partial charge in [0.1, 0.15) is 6.33 Å². The van der Waals surface area contributed by atoms with Crippen LogP contribution in [0.1, 0.15) is 6.92 Å². The molecule has 5 nitrogen and oxygen atoms in total. The van der Waals surface area contributed by atoms with Crippen LogP contribution in [0.25, 0.3) is 5.69 Å². The van der Waals surface area contributed by atoms with Crippen LogP contribution in [0.3, 0.4) is 0 Å². The summed E-state index contributed by atoms with van der Waals surface area (Å²) in [5.41, 5.74) is 1.87. The van der Waals surface area contributed by atoms with Gasteiger partial charge in [-0.25, -0.2) is 4.68 Å². The van der Waals surface area contributed by atoms with E-state index in [2.05, 4.69) is 20.8 Å². The van der Waals surface area contributed by atoms with E-state index in [-0.39, 0.29) is 0 Å². The summed E-state index contributed by atoms with van der Waals surface area (Å²) >= 11 is 4.94. The number of hydrogen-bond donors (Lipinski definition) is 1. The van der Waals surface area contributed by atoms with E-state index in [1.54, 1.807) is 11.0 Å². The van der Waals surface area contributed by atoms with E-state index in [1.165, 1.54) is 0 Å². The quantitative estimate of drug-likeness (QED) is 0.774. The van der Waals surface area contributed by atoms with Gasteiger partial charge in [-0.3, -0.25) is 0 Å². The topological polar surface area (TPSA) is 55.6 Å². The van der Waals surface area contributed by atoms with Gasteiger partial charge in [0.05, 0.1) is 10.7 Å². The lowest BCUT2D eigenvalue weighted by molar-refractivity contribution is 0.789. The van der Waals surface area contributed by atoms with Crippen LogP contribution in [-0.4, -0.2) is 25.2 Å². The molecule has 0 aliphatic heterocycles. The highest BCUT2D eigenvalue weighted by Crippen LogP contribution is 2.11. The Balaban J connectivity index is 2.21. The average Bonchev–Trinajstić information content (AvgIpc) is 2.71. The summed E-state index contributed by atoms with van der Waals surface area (Å²) in [5.74, 6) is 0. The number of nitrogens with zero attached hydrogens (tertiary/aromatic N) is 4. The van der Waals surface area contributed by atoms with E-state index in [0.717, 1.165) is 16.4 Å². The maximum atomic E-state index is 4.94. The fraction of sp³-hybridized carbons (Fsp3) is 0.111. The molecule has 0 saturated heterocycles. The van der Waals surface area contributed by atoms with E-state index < -0.39 is 0 Å². The van der Waals surface area contributed by atoms with Crippen LogP contribution in [0, 0.1) is 0 Å². The molecule has 6 heteroatoms. The zero-order valence-electron chi connectivity index (χ0n) is 8.08. The number of hydrogen-bond acceptors (Lipinski definition) is 4. The highest BCUT2D eigenvalue weighted by atomic mass is 32.1. The van der Waals surface area contributed by atoms with E-state index in [9.17, 15) is 0 Å². The number of aromatic nitrogens is 4. The van der Waals surface area contributed by atoms with Crippen molar-refractivity contribution in [2.75, 3.05) is 5.32 Å². The molecule has 2 aromatic rings. The predicted octanol–water partition coefficient (Wildman–Crippen LogP) is 1.42. The molecule has 0 unspecified atom stereocenters. The van der Waals surface area contributed by atoms with Gasteiger partial charge in [0, 0.05) is 5.69 Å². The van der Waals surface area contributed by atoms with Crippen molar-refractivity contribution in [3.05, 3.63) is 30.6 Å². The van der Waals surface area contributed by atoms with Crippen molar-refractivity contribution in [1.82, 2.24) is 20.2 Å². The number of benzene rings is 1. The third kappa shape index (κ3) is 2.35. The van der Waals surface area contributed by atoms with Gasteiger partial charge >= 0.3 is 0 Å². The van der Waals surface area contributed by atoms with Gasteiger partial charge in [0.15, 0.2) is 0 Å². The van der Waals surface area contributed by atoms with Gasteiger partial charge in [-0.05, 0) is 41.6 Å². The van der Waals surface area contributed by atoms with Gasteiger partial charge in [-0.15, -0.1) is 5.10 Å². The zero-order valence-corrected chi connectivity index (χ0v) is 8.90. The molecular formula is C9H9N5S. The number of anilines is 1. The van der Waals surface area contributed by atoms with Crippen LogP contribution in [0.5, 0.6) is 0 Å². The van der Waals surface area contributed by atoms with Crippen molar-refractivity contribution in [3.63, 3.8) is 0 Å². The number of tetrazole rings is 1. The molecule has 0 bridgehead atoms. The molecule has 0 amide bonds. The minimum Gasteiger partial charge on any atom is -0.350 e. The van der Waals surface area contributed by atoms with Crippen molar-refractivity contribution >= 4 is 22.9 Å². The monoisotopic (exact) mass is 219 g/mol. The molecule has 0 fully saturated rings. The minimum atomic E-state index is 0.741. The van der Waals surface area contributed by atoms with E-state index in [1.807, 2.05) is 31.2 Å². The van der Waals surface area contributed by atoms with Crippen molar-refractivity contribution < 1.29 is 0 Å². The molecular weight excluding hydrogens is 210 g/mol. The van der Waals surface area contributed by atoms with E-state index >= 15 is 0 Å². The molecule has 0 atom stereocenters. The Morgan fingerprint density at radius 1 is 1.33 bits per heavy atom. The molecule has 1 heterocycles. The third-order valence-corrected chi connectivity index (χ3v) is 1.90. The average molecular weight is 219 g/mol. The van der Waals surface area contributed by atoms with Crippen molar-refractivity contribution in [2.45, 2.75) is 6.92 Å². The molecule has 76 valence electrons. The van der Waals surface area contributed by atoms with Crippen LogP contribution in [0.4, 0.5) is 5.69 Å². The maximum Gasteiger partial charge on any atom is 0.143 e. The standard InChI is InChI=1S/C9H9N5S/c1-7(15)11-8-2-4-9(5-3-8)14-6-10-12-13-14/h2-6H,1H3,(H,11,15). The summed E-state index contributed by atoms with van der Waals surface area (Å²) in [6.45, 7) is 1.84. The second kappa shape index (κ2) is 4.14. The Morgan fingerprint density at radius 3 is 2.60 bits per heavy atom. The van der Waals surface area contributed by atoms with Crippen LogP contribution in [0.15, 0.2) is 30.6 Å². The van der Waals surface area contributed by atoms with E-state index in [4.69, 9.17) is 12.2 Å². The molecule has 0 aliphatic carbocycles. The molecule has 0 saturated carbocycles. The van der Waals surface area contributed by atoms with Gasteiger partial charge in [0.25, 0.3) is 0 Å². The fourth-order valence-corrected chi connectivity index (χ4v) is 1.30. The van der Waals surface area contributed by atoms with Gasteiger partial charge in [0.2, 0.25) is 0 Å². The molecule has 1 aromatic carbocycles. The predicted molar refractivity (Wildman–Crippen MR) is 61.0 cm³/mol. The molecule has 0 spiro atoms. The first-order valence-electron chi connectivity index (χ1n) is 4.37. The first kappa shape index (κ1) is 9.72. The molecule has 1 aromatic heterocycles. The SMILES string of the molecule is CC(=S)Nc1ccc(-n2cnnn2)cc1. The fourth-order valence-electron chi connectivity index (χ4n) is 1.18. The highest BCUT2D eigenvalue weighted by molar-refractivity contribution is 7.80. The highest BCUT2D eigenvalue weighted by Gasteiger charge is 1.97. The summed E-state index contributed by atoms with van der Waals surface area (Å²) in [4.78, 5) is 0.741. The molecule has 1 N–H and O–H groups in total. The Kier molecular flexibility index (Phi) is 2.68. The maximum absolute atomic E-state index is 4.94. The summed E-state index contributed by atoms with van der Waals surface area (Å²) in [5, 5.41) is 14.0. The second-order valence-electron chi connectivity index (χ2n) is 2.98. The van der Waals surface area contributed by atoms with Gasteiger partial charge in [-0.2, -0.15) is 0 Å². The summed E-state index contributed by atoms with van der Waals surface area (Å²) in [6, 6.07) is 7.67. The Hall–Kier alpha value is -1.82. The Labute approximate surface area is 92.1 Å². The van der Waals surface area contributed by atoms with E-state index in [0.29, 0.717) is 0 Å². The zero-order chi connectivity index (χ0) is 10.7. The smallest absolute Gasteiger partial charge is 0.143 e. The largest absolute Gasteiger partial charge is 0.350 e. The summed E-state index contributed by atoms with van der Waals surface area (Å²) < 4.78 is 1.59. The van der Waals surface area contributed by atoms with Crippen molar-refractivity contribution in [1.29, 1.82) is 0 Å². The number of nitrogens with one attached hydrogen (secondary N) is 1. The second-order valence-corrected chi connectivity index (χ2v) is 3.59. The van der Waals surface area contributed by atoms with Crippen molar-refractivity contribution in [2.24, 2.45) is 0 Å². The number of rotatable bonds is 2. The summed E-state index contributed by atoms with van der Waals surface area (Å²) in [7, 11) is 0. The number of thiocarbonyl (C=S) groups is 1. The Bertz CT molecular complexity index is 448. The van der Waals surface area contributed by atoms with Crippen molar-refractivity contribution in [3.8, 4) is 5.69 Å². The van der Waals surface area contributed by atoms with Crippen LogP contribution in [0.2, 0.25) is 0 Å². The van der Waals surface area contributed by atoms with Crippen LogP contribution >= 0.6 is 12.2 Å². The molecule has 2 rings (SSSR count). The molecule has 0 aliphatic rings. The summed E-state index contributed by atoms with van der Waals surface area (Å²) in [6.07, 6.45) is 1.55. The normalized spacial score (nSPS) is 9.93. The van der Waals surface area contributed by atoms with Gasteiger partial charge < -0.3 is 5.32 Å². The lowest BCUT2D eigenvalue weighted by Gasteiger charge is -2.04. The van der Waals surface area contributed by atoms with Crippen LogP contribution < -0.4 is 5.32 Å². The van der Waals surface area contributed by atoms with Gasteiger partial charge in [-0.1, -0.05) is 12.2 Å². The first-order valence-corrected chi connectivity index (χ1v) is 4.77. The lowest BCUT2D eigenvalue weighted by atomic mass is 10.3. The third-order valence-electron chi connectivity index (χ3n) is 1.80. The first-order chi connectivity index (χ1) is 7.25.